The Labute approximate surface area is 247 Å². The zero-order valence-corrected chi connectivity index (χ0v) is 30.6. The van der Waals surface area contributed by atoms with Crippen LogP contribution in [0.2, 0.25) is 0 Å². The van der Waals surface area contributed by atoms with Gasteiger partial charge >= 0.3 is 0 Å². The highest BCUT2D eigenvalue weighted by molar-refractivity contribution is 7.85. The molecule has 0 fully saturated rings. The van der Waals surface area contributed by atoms with Gasteiger partial charge < -0.3 is 5.11 Å². The number of hydrogen-bond donors (Lipinski definition) is 2. The van der Waals surface area contributed by atoms with E-state index in [1.165, 1.54) is 28.3 Å². The highest BCUT2D eigenvalue weighted by Gasteiger charge is 2.12. The van der Waals surface area contributed by atoms with E-state index < -0.39 is 10.1 Å². The summed E-state index contributed by atoms with van der Waals surface area (Å²) in [6, 6.07) is 9.59. The first-order valence-corrected chi connectivity index (χ1v) is 16.5. The molecule has 0 amide bonds. The maximum atomic E-state index is 10.8. The summed E-state index contributed by atoms with van der Waals surface area (Å²) in [6.45, 7) is 38.6. The standard InChI is InChI=1S/C13H20.C8H10O3S.6C2H6.CH4O/c1-6-12-8-13(9(2)3)11(5)7-10(12)4;1-6-3-4-7(2)8(5-6)12(9,10)11;7*1-2/h7-9H,6H2,1-5H3;3-5H,1-2H3,(H,9,10,11);6*1-2H3;2H,1H3. The maximum absolute atomic E-state index is 10.8. The van der Waals surface area contributed by atoms with Crippen molar-refractivity contribution in [3.8, 4) is 0 Å². The van der Waals surface area contributed by atoms with Crippen LogP contribution in [0.25, 0.3) is 0 Å². The van der Waals surface area contributed by atoms with Crippen molar-refractivity contribution in [2.75, 3.05) is 7.11 Å². The molecule has 0 saturated carbocycles. The second kappa shape index (κ2) is 38.5. The molecule has 0 atom stereocenters. The number of aliphatic hydroxyl groups is 1. The third-order valence-electron chi connectivity index (χ3n) is 4.35. The number of benzene rings is 2. The highest BCUT2D eigenvalue weighted by Crippen LogP contribution is 2.23. The van der Waals surface area contributed by atoms with Gasteiger partial charge in [-0.3, -0.25) is 4.55 Å². The molecule has 5 heteroatoms. The van der Waals surface area contributed by atoms with Crippen molar-refractivity contribution in [2.45, 2.75) is 149 Å². The minimum atomic E-state index is -4.06. The van der Waals surface area contributed by atoms with E-state index in [0.717, 1.165) is 19.1 Å². The Hall–Kier alpha value is -1.69. The summed E-state index contributed by atoms with van der Waals surface area (Å²) in [5.74, 6) is 0.644. The second-order valence-corrected chi connectivity index (χ2v) is 8.28. The van der Waals surface area contributed by atoms with Gasteiger partial charge in [0.05, 0.1) is 4.90 Å². The molecule has 0 saturated heterocycles. The fourth-order valence-electron chi connectivity index (χ4n) is 2.90. The average Bonchev–Trinajstić information content (AvgIpc) is 2.97. The topological polar surface area (TPSA) is 74.6 Å². The third kappa shape index (κ3) is 27.7. The lowest BCUT2D eigenvalue weighted by molar-refractivity contribution is 0.399. The largest absolute Gasteiger partial charge is 0.400 e. The van der Waals surface area contributed by atoms with E-state index in [0.29, 0.717) is 11.5 Å². The molecule has 0 unspecified atom stereocenters. The summed E-state index contributed by atoms with van der Waals surface area (Å²) in [6.07, 6.45) is 1.14. The molecule has 2 aromatic rings. The molecular formula is C34H70O4S. The third-order valence-corrected chi connectivity index (χ3v) is 5.34. The van der Waals surface area contributed by atoms with Crippen LogP contribution in [0.3, 0.4) is 0 Å². The van der Waals surface area contributed by atoms with E-state index in [9.17, 15) is 8.42 Å². The van der Waals surface area contributed by atoms with Crippen LogP contribution >= 0.6 is 0 Å². The van der Waals surface area contributed by atoms with Crippen LogP contribution in [0.15, 0.2) is 35.2 Å². The molecule has 0 bridgehead atoms. The van der Waals surface area contributed by atoms with Gasteiger partial charge in [0, 0.05) is 7.11 Å². The van der Waals surface area contributed by atoms with Gasteiger partial charge in [0.25, 0.3) is 10.1 Å². The lowest BCUT2D eigenvalue weighted by Crippen LogP contribution is -2.00. The van der Waals surface area contributed by atoms with E-state index in [4.69, 9.17) is 9.66 Å². The molecule has 2 N–H and O–H groups in total. The van der Waals surface area contributed by atoms with Crippen LogP contribution in [0.5, 0.6) is 0 Å². The van der Waals surface area contributed by atoms with E-state index in [1.807, 2.05) is 83.1 Å². The zero-order chi connectivity index (χ0) is 33.4. The first kappa shape index (κ1) is 53.5. The smallest absolute Gasteiger partial charge is 0.294 e. The lowest BCUT2D eigenvalue weighted by atomic mass is 9.92. The molecule has 2 rings (SSSR count). The van der Waals surface area contributed by atoms with E-state index >= 15 is 0 Å². The Morgan fingerprint density at radius 3 is 1.31 bits per heavy atom. The number of rotatable bonds is 3. The average molecular weight is 575 g/mol. The predicted molar refractivity (Wildman–Crippen MR) is 181 cm³/mol. The van der Waals surface area contributed by atoms with Gasteiger partial charge in [-0.05, 0) is 79.5 Å². The normalized spacial score (nSPS) is 8.28. The van der Waals surface area contributed by atoms with Crippen LogP contribution in [-0.4, -0.2) is 25.2 Å². The summed E-state index contributed by atoms with van der Waals surface area (Å²) in [5.41, 5.74) is 7.24. The molecule has 0 radical (unpaired) electrons. The summed E-state index contributed by atoms with van der Waals surface area (Å²) < 4.78 is 30.3. The number of aryl methyl sites for hydroxylation is 5. The Kier molecular flexibility index (Phi) is 52.8. The lowest BCUT2D eigenvalue weighted by Gasteiger charge is -2.13. The Bertz CT molecular complexity index is 841. The van der Waals surface area contributed by atoms with Crippen molar-refractivity contribution < 1.29 is 18.1 Å². The van der Waals surface area contributed by atoms with Crippen LogP contribution < -0.4 is 0 Å². The van der Waals surface area contributed by atoms with Crippen LogP contribution in [0.1, 0.15) is 143 Å². The van der Waals surface area contributed by atoms with Crippen molar-refractivity contribution in [1.29, 1.82) is 0 Å². The highest BCUT2D eigenvalue weighted by atomic mass is 32.2. The van der Waals surface area contributed by atoms with Crippen molar-refractivity contribution in [2.24, 2.45) is 0 Å². The van der Waals surface area contributed by atoms with Gasteiger partial charge in [0.2, 0.25) is 0 Å². The van der Waals surface area contributed by atoms with Crippen molar-refractivity contribution >= 4 is 10.1 Å². The predicted octanol–water partition coefficient (Wildman–Crippen LogP) is 11.3. The molecule has 0 spiro atoms. The number of hydrogen-bond acceptors (Lipinski definition) is 3. The van der Waals surface area contributed by atoms with Crippen molar-refractivity contribution in [3.63, 3.8) is 0 Å². The van der Waals surface area contributed by atoms with E-state index in [2.05, 4.69) is 46.8 Å². The van der Waals surface area contributed by atoms with Crippen LogP contribution in [0, 0.1) is 27.7 Å². The molecule has 2 aromatic carbocycles. The monoisotopic (exact) mass is 574 g/mol. The minimum Gasteiger partial charge on any atom is -0.400 e. The Morgan fingerprint density at radius 1 is 0.641 bits per heavy atom. The van der Waals surface area contributed by atoms with Gasteiger partial charge in [-0.1, -0.05) is 128 Å². The van der Waals surface area contributed by atoms with Crippen LogP contribution in [0.4, 0.5) is 0 Å². The minimum absolute atomic E-state index is 0.0116. The molecule has 236 valence electrons. The zero-order valence-electron chi connectivity index (χ0n) is 29.8. The molecular weight excluding hydrogens is 504 g/mol. The molecule has 4 nitrogen and oxygen atoms in total. The SMILES string of the molecule is CC.CC.CC.CC.CC.CC.CCc1cc(C(C)C)c(C)cc1C.CO.Cc1ccc(C)c(S(=O)(=O)O)c1. The molecule has 0 aliphatic heterocycles. The number of aliphatic hydroxyl groups excluding tert-OH is 1. The molecule has 0 aromatic heterocycles. The van der Waals surface area contributed by atoms with Crippen molar-refractivity contribution in [1.82, 2.24) is 0 Å². The quantitative estimate of drug-likeness (QED) is 0.357. The van der Waals surface area contributed by atoms with Gasteiger partial charge in [-0.25, -0.2) is 0 Å². The van der Waals surface area contributed by atoms with Gasteiger partial charge in [-0.15, -0.1) is 0 Å². The van der Waals surface area contributed by atoms with Gasteiger partial charge in [0.15, 0.2) is 0 Å². The van der Waals surface area contributed by atoms with Gasteiger partial charge in [-0.2, -0.15) is 8.42 Å². The van der Waals surface area contributed by atoms with Crippen molar-refractivity contribution in [3.05, 3.63) is 63.7 Å². The summed E-state index contributed by atoms with van der Waals surface area (Å²) in [7, 11) is -3.06. The molecule has 39 heavy (non-hydrogen) atoms. The summed E-state index contributed by atoms with van der Waals surface area (Å²) in [5, 5.41) is 7.00. The molecule has 0 aliphatic carbocycles. The van der Waals surface area contributed by atoms with Crippen LogP contribution in [-0.2, 0) is 16.5 Å². The summed E-state index contributed by atoms with van der Waals surface area (Å²) in [4.78, 5) is -0.0116. The fourth-order valence-corrected chi connectivity index (χ4v) is 3.71. The molecule has 0 aliphatic rings. The molecule has 0 heterocycles. The maximum Gasteiger partial charge on any atom is 0.294 e. The van der Waals surface area contributed by atoms with E-state index in [1.54, 1.807) is 26.0 Å². The Balaban J connectivity index is -0.0000000726. The van der Waals surface area contributed by atoms with E-state index in [-0.39, 0.29) is 4.90 Å². The Morgan fingerprint density at radius 2 is 1.03 bits per heavy atom. The fraction of sp³-hybridized carbons (Fsp3) is 0.647. The van der Waals surface area contributed by atoms with Gasteiger partial charge in [0.1, 0.15) is 0 Å². The first-order valence-electron chi connectivity index (χ1n) is 15.1. The first-order chi connectivity index (χ1) is 18.5. The second-order valence-electron chi connectivity index (χ2n) is 6.89. The summed E-state index contributed by atoms with van der Waals surface area (Å²) >= 11 is 0.